The molecule has 1 aliphatic carbocycles. The molecule has 15 heteroatoms. The third-order valence-electron chi connectivity index (χ3n) is 16.5. The number of carbonyl (C=O) groups excluding carboxylic acids is 7. The van der Waals surface area contributed by atoms with Crippen molar-refractivity contribution in [2.24, 2.45) is 22.7 Å². The molecule has 4 aromatic carbocycles. The Balaban J connectivity index is 1.16. The molecule has 2 aliphatic heterocycles. The summed E-state index contributed by atoms with van der Waals surface area (Å²) < 4.78 is 15.8. The van der Waals surface area contributed by atoms with Crippen LogP contribution in [0, 0.1) is 28.5 Å². The summed E-state index contributed by atoms with van der Waals surface area (Å²) in [4.78, 5) is 106. The highest BCUT2D eigenvalue weighted by Crippen LogP contribution is 2.39. The number of amides is 6. The molecule has 6 amide bonds. The number of hydrogen-bond donors (Lipinski definition) is 4. The highest BCUT2D eigenvalue weighted by molar-refractivity contribution is 5.97. The van der Waals surface area contributed by atoms with E-state index >= 15 is 9.18 Å². The van der Waals surface area contributed by atoms with Gasteiger partial charge < -0.3 is 36.0 Å². The van der Waals surface area contributed by atoms with Gasteiger partial charge in [0, 0.05) is 55.1 Å². The summed E-state index contributed by atoms with van der Waals surface area (Å²) in [6.07, 6.45) is 3.78. The summed E-state index contributed by atoms with van der Waals surface area (Å²) in [5.41, 5.74) is 3.66. The SMILES string of the molecule is CC[C@@H](C)C(=O)N[C@H](C(=O)N1CCc2ccccc2[C@H]1C(=O)N(Cc1ccc(C(=O)NC2C[C@@H](C(=O)NC3CCCc4ccccc43)N(C(=O)[C@@H](CC(=O)[C@H](C)NC)C(C)(C)C)C2)cc1)[C@H](C)c1ccccc1F)C(C)(C)C. The number of Topliss-reactive ketones (excluding diaryl/α,β-unsaturated/α-hetero) is 1. The number of carbonyl (C=O) groups is 7. The predicted octanol–water partition coefficient (Wildman–Crippen LogP) is 8.74. The number of nitrogens with one attached hydrogen (secondary N) is 4. The molecular weight excluding hydrogens is 986 g/mol. The highest BCUT2D eigenvalue weighted by Gasteiger charge is 2.47. The van der Waals surface area contributed by atoms with E-state index in [2.05, 4.69) is 27.3 Å². The molecule has 78 heavy (non-hydrogen) atoms. The van der Waals surface area contributed by atoms with Crippen LogP contribution in [0.5, 0.6) is 0 Å². The number of rotatable bonds is 18. The first-order valence-electron chi connectivity index (χ1n) is 27.9. The first kappa shape index (κ1) is 58.9. The Hall–Kier alpha value is -6.74. The van der Waals surface area contributed by atoms with Gasteiger partial charge in [0.15, 0.2) is 0 Å². The van der Waals surface area contributed by atoms with Crippen molar-refractivity contribution in [3.05, 3.63) is 142 Å². The van der Waals surface area contributed by atoms with Crippen LogP contribution in [0.1, 0.15) is 163 Å². The number of likely N-dealkylation sites (tertiary alicyclic amines) is 1. The Morgan fingerprint density at radius 1 is 0.744 bits per heavy atom. The van der Waals surface area contributed by atoms with Crippen LogP contribution in [0.25, 0.3) is 0 Å². The number of halogens is 1. The normalized spacial score (nSPS) is 20.2. The largest absolute Gasteiger partial charge is 0.347 e. The van der Waals surface area contributed by atoms with Crippen LogP contribution in [-0.2, 0) is 48.2 Å². The summed E-state index contributed by atoms with van der Waals surface area (Å²) in [5, 5.41) is 12.4. The van der Waals surface area contributed by atoms with E-state index in [1.165, 1.54) is 11.6 Å². The van der Waals surface area contributed by atoms with Crippen molar-refractivity contribution in [1.29, 1.82) is 0 Å². The van der Waals surface area contributed by atoms with Gasteiger partial charge in [-0.25, -0.2) is 4.39 Å². The summed E-state index contributed by atoms with van der Waals surface area (Å²) >= 11 is 0. The van der Waals surface area contributed by atoms with Crippen LogP contribution in [0.3, 0.4) is 0 Å². The third kappa shape index (κ3) is 13.4. The molecule has 9 atom stereocenters. The minimum absolute atomic E-state index is 0.0170. The van der Waals surface area contributed by atoms with Crippen LogP contribution >= 0.6 is 0 Å². The summed E-state index contributed by atoms with van der Waals surface area (Å²) in [5.74, 6) is -3.82. The van der Waals surface area contributed by atoms with Crippen LogP contribution in [-0.4, -0.2) is 100 Å². The lowest BCUT2D eigenvalue weighted by atomic mass is 9.76. The van der Waals surface area contributed by atoms with E-state index in [1.807, 2.05) is 97.9 Å². The van der Waals surface area contributed by atoms with E-state index in [0.29, 0.717) is 29.5 Å². The smallest absolute Gasteiger partial charge is 0.251 e. The van der Waals surface area contributed by atoms with E-state index in [4.69, 9.17) is 0 Å². The average molecular weight is 1070 g/mol. The monoisotopic (exact) mass is 1070 g/mol. The van der Waals surface area contributed by atoms with Crippen molar-refractivity contribution in [3.8, 4) is 0 Å². The molecule has 2 unspecified atom stereocenters. The molecule has 7 rings (SSSR count). The van der Waals surface area contributed by atoms with E-state index in [-0.39, 0.29) is 79.4 Å². The van der Waals surface area contributed by atoms with Crippen LogP contribution in [0.4, 0.5) is 4.39 Å². The summed E-state index contributed by atoms with van der Waals surface area (Å²) in [7, 11) is 1.70. The summed E-state index contributed by atoms with van der Waals surface area (Å²) in [6, 6.07) is 23.5. The van der Waals surface area contributed by atoms with Gasteiger partial charge in [-0.3, -0.25) is 33.6 Å². The molecule has 0 spiro atoms. The van der Waals surface area contributed by atoms with Crippen LogP contribution in [0.2, 0.25) is 0 Å². The Labute approximate surface area is 461 Å². The Kier molecular flexibility index (Phi) is 18.8. The molecular formula is C63H82FN7O7. The zero-order valence-electron chi connectivity index (χ0n) is 47.6. The van der Waals surface area contributed by atoms with Crippen LogP contribution < -0.4 is 21.3 Å². The zero-order chi connectivity index (χ0) is 56.8. The van der Waals surface area contributed by atoms with Gasteiger partial charge in [-0.1, -0.05) is 134 Å². The molecule has 0 radical (unpaired) electrons. The second-order valence-electron chi connectivity index (χ2n) is 24.0. The zero-order valence-corrected chi connectivity index (χ0v) is 47.6. The number of ketones is 1. The molecule has 1 fully saturated rings. The fourth-order valence-electron chi connectivity index (χ4n) is 11.2. The quantitative estimate of drug-likeness (QED) is 0.0765. The molecule has 0 bridgehead atoms. The second-order valence-corrected chi connectivity index (χ2v) is 24.0. The summed E-state index contributed by atoms with van der Waals surface area (Å²) in [6.45, 7) is 18.9. The van der Waals surface area contributed by atoms with Gasteiger partial charge in [0.05, 0.1) is 18.1 Å². The van der Waals surface area contributed by atoms with E-state index in [0.717, 1.165) is 30.4 Å². The fourth-order valence-corrected chi connectivity index (χ4v) is 11.2. The minimum atomic E-state index is -1.11. The molecule has 3 aliphatic rings. The maximum absolute atomic E-state index is 15.8. The Morgan fingerprint density at radius 2 is 1.37 bits per heavy atom. The molecule has 4 N–H and O–H groups in total. The van der Waals surface area contributed by atoms with Gasteiger partial charge in [-0.2, -0.15) is 0 Å². The topological polar surface area (TPSA) is 177 Å². The standard InChI is InChI=1S/C63H82FN7O7/c1-12-38(2)56(73)68-55(63(8,9)10)61(78)69-33-32-43-21-14-16-25-48(43)54(69)60(77)70(40(4)46-23-17-18-26-50(46)64)36-41-28-30-44(31-29-41)57(74)66-45-34-52(58(75)67-51-27-19-22-42-20-13-15-24-47(42)51)71(37-45)59(76)49(62(5,6)7)35-53(72)39(3)65-11/h13-18,20-21,23-26,28-31,38-40,45,49,51-52,54-55,65H,12,19,22,27,32-37H2,1-11H3,(H,66,74)(H,67,75)(H,68,73)/t38-,39+,40-,45?,49-,51?,52+,54+,55-/m1/s1. The number of likely N-dealkylation sites (N-methyl/N-ethyl adjacent to an activating group) is 1. The first-order valence-corrected chi connectivity index (χ1v) is 27.9. The molecule has 0 aromatic heterocycles. The van der Waals surface area contributed by atoms with Crippen molar-refractivity contribution in [3.63, 3.8) is 0 Å². The van der Waals surface area contributed by atoms with Gasteiger partial charge in [0.2, 0.25) is 23.6 Å². The Bertz CT molecular complexity index is 2840. The minimum Gasteiger partial charge on any atom is -0.347 e. The Morgan fingerprint density at radius 3 is 2.00 bits per heavy atom. The van der Waals surface area contributed by atoms with Crippen molar-refractivity contribution < 1.29 is 38.0 Å². The van der Waals surface area contributed by atoms with Crippen molar-refractivity contribution in [2.75, 3.05) is 20.1 Å². The van der Waals surface area contributed by atoms with Gasteiger partial charge in [0.1, 0.15) is 29.7 Å². The van der Waals surface area contributed by atoms with Crippen molar-refractivity contribution in [2.45, 2.75) is 163 Å². The predicted molar refractivity (Wildman–Crippen MR) is 300 cm³/mol. The molecule has 14 nitrogen and oxygen atoms in total. The number of fused-ring (bicyclic) bond motifs is 2. The maximum Gasteiger partial charge on any atom is 0.251 e. The van der Waals surface area contributed by atoms with E-state index < -0.39 is 70.6 Å². The molecule has 1 saturated heterocycles. The number of aryl methyl sites for hydroxylation is 1. The number of benzene rings is 4. The molecule has 2 heterocycles. The van der Waals surface area contributed by atoms with Crippen LogP contribution in [0.15, 0.2) is 97.1 Å². The lowest BCUT2D eigenvalue weighted by Gasteiger charge is -2.43. The van der Waals surface area contributed by atoms with Gasteiger partial charge in [-0.05, 0) is 116 Å². The van der Waals surface area contributed by atoms with Gasteiger partial charge in [0.25, 0.3) is 11.8 Å². The number of nitrogens with zero attached hydrogens (tertiary/aromatic N) is 3. The van der Waals surface area contributed by atoms with Gasteiger partial charge >= 0.3 is 0 Å². The van der Waals surface area contributed by atoms with Crippen molar-refractivity contribution in [1.82, 2.24) is 36.0 Å². The van der Waals surface area contributed by atoms with Gasteiger partial charge in [-0.15, -0.1) is 0 Å². The maximum atomic E-state index is 15.8. The molecule has 418 valence electrons. The second kappa shape index (κ2) is 24.9. The van der Waals surface area contributed by atoms with E-state index in [1.54, 1.807) is 78.1 Å². The fraction of sp³-hybridized carbons (Fsp3) is 0.508. The van der Waals surface area contributed by atoms with Crippen molar-refractivity contribution >= 4 is 41.2 Å². The average Bonchev–Trinajstić information content (AvgIpc) is 4.01. The molecule has 4 aromatic rings. The molecule has 0 saturated carbocycles. The lowest BCUT2D eigenvalue weighted by Crippen LogP contribution is -2.59. The third-order valence-corrected chi connectivity index (χ3v) is 16.5. The first-order chi connectivity index (χ1) is 36.9. The highest BCUT2D eigenvalue weighted by atomic mass is 19.1. The number of hydrogen-bond acceptors (Lipinski definition) is 8. The van der Waals surface area contributed by atoms with E-state index in [9.17, 15) is 28.8 Å². The lowest BCUT2D eigenvalue weighted by molar-refractivity contribution is -0.152.